The lowest BCUT2D eigenvalue weighted by molar-refractivity contribution is 0.206. The van der Waals surface area contributed by atoms with Gasteiger partial charge in [-0.25, -0.2) is 4.79 Å². The van der Waals surface area contributed by atoms with Gasteiger partial charge in [-0.3, -0.25) is 4.90 Å². The van der Waals surface area contributed by atoms with Crippen LogP contribution in [0.15, 0.2) is 67.3 Å². The zero-order chi connectivity index (χ0) is 16.2. The van der Waals surface area contributed by atoms with Gasteiger partial charge in [-0.2, -0.15) is 0 Å². The Hall–Kier alpha value is -2.81. The Bertz CT molecular complexity index is 749. The first-order valence-electron chi connectivity index (χ1n) is 7.65. The largest absolute Gasteiger partial charge is 0.420 e. The number of carbonyl (C=O) groups excluding carboxylic acids is 1. The molecule has 116 valence electrons. The highest BCUT2D eigenvalue weighted by molar-refractivity contribution is 5.94. The predicted molar refractivity (Wildman–Crippen MR) is 93.8 cm³/mol. The van der Waals surface area contributed by atoms with E-state index in [1.165, 1.54) is 0 Å². The Morgan fingerprint density at radius 1 is 1.26 bits per heavy atom. The summed E-state index contributed by atoms with van der Waals surface area (Å²) in [5, 5.41) is 0. The summed E-state index contributed by atoms with van der Waals surface area (Å²) in [6.45, 7) is 5.83. The number of hydrogen-bond acceptors (Lipinski definition) is 2. The van der Waals surface area contributed by atoms with Crippen molar-refractivity contribution < 1.29 is 9.53 Å². The van der Waals surface area contributed by atoms with Gasteiger partial charge in [-0.05, 0) is 43.2 Å². The van der Waals surface area contributed by atoms with Crippen molar-refractivity contribution >= 4 is 17.9 Å². The van der Waals surface area contributed by atoms with Gasteiger partial charge in [-0.1, -0.05) is 48.1 Å². The van der Waals surface area contributed by atoms with Gasteiger partial charge in [0, 0.05) is 0 Å². The normalized spacial score (nSPS) is 15.9. The van der Waals surface area contributed by atoms with E-state index in [0.29, 0.717) is 12.2 Å². The zero-order valence-corrected chi connectivity index (χ0v) is 13.1. The molecule has 0 aliphatic carbocycles. The molecule has 3 rings (SSSR count). The highest BCUT2D eigenvalue weighted by Crippen LogP contribution is 2.32. The molecule has 2 aromatic carbocycles. The second-order valence-electron chi connectivity index (χ2n) is 5.56. The minimum atomic E-state index is -0.377. The minimum Gasteiger partial charge on any atom is -0.410 e. The second kappa shape index (κ2) is 6.53. The van der Waals surface area contributed by atoms with Gasteiger partial charge < -0.3 is 4.74 Å². The fourth-order valence-corrected chi connectivity index (χ4v) is 2.73. The number of ether oxygens (including phenoxy) is 1. The molecule has 1 unspecified atom stereocenters. The number of rotatable bonds is 3. The van der Waals surface area contributed by atoms with Crippen LogP contribution in [-0.2, 0) is 0 Å². The number of aryl methyl sites for hydroxylation is 1. The topological polar surface area (TPSA) is 29.5 Å². The first kappa shape index (κ1) is 15.1. The third kappa shape index (κ3) is 3.19. The average Bonchev–Trinajstić information content (AvgIpc) is 2.55. The molecule has 3 nitrogen and oxygen atoms in total. The number of para-hydroxylation sites is 1. The van der Waals surface area contributed by atoms with E-state index in [1.807, 2.05) is 49.4 Å². The summed E-state index contributed by atoms with van der Waals surface area (Å²) in [4.78, 5) is 14.4. The van der Waals surface area contributed by atoms with Crippen LogP contribution in [-0.4, -0.2) is 12.1 Å². The van der Waals surface area contributed by atoms with E-state index in [-0.39, 0.29) is 12.1 Å². The van der Waals surface area contributed by atoms with E-state index in [0.717, 1.165) is 16.8 Å². The molecule has 0 saturated carbocycles. The maximum Gasteiger partial charge on any atom is 0.420 e. The lowest BCUT2D eigenvalue weighted by Gasteiger charge is -2.32. The number of nitrogens with zero attached hydrogens (tertiary/aromatic N) is 1. The minimum absolute atomic E-state index is 0.0843. The molecule has 23 heavy (non-hydrogen) atoms. The molecule has 1 amide bonds. The third-order valence-corrected chi connectivity index (χ3v) is 3.83. The molecule has 3 heteroatoms. The van der Waals surface area contributed by atoms with Gasteiger partial charge in [0.05, 0.1) is 11.7 Å². The Kier molecular flexibility index (Phi) is 4.29. The quantitative estimate of drug-likeness (QED) is 0.749. The van der Waals surface area contributed by atoms with Crippen molar-refractivity contribution in [3.8, 4) is 5.75 Å². The lowest BCUT2D eigenvalue weighted by Crippen LogP contribution is -2.42. The van der Waals surface area contributed by atoms with Crippen LogP contribution in [0.2, 0.25) is 0 Å². The molecule has 0 N–H and O–H groups in total. The van der Waals surface area contributed by atoms with E-state index in [1.54, 1.807) is 17.0 Å². The molecule has 0 radical (unpaired) electrons. The van der Waals surface area contributed by atoms with Crippen molar-refractivity contribution in [2.24, 2.45) is 0 Å². The van der Waals surface area contributed by atoms with Crippen LogP contribution in [0.25, 0.3) is 6.08 Å². The van der Waals surface area contributed by atoms with Gasteiger partial charge in [0.1, 0.15) is 5.75 Å². The van der Waals surface area contributed by atoms with E-state index < -0.39 is 0 Å². The van der Waals surface area contributed by atoms with Gasteiger partial charge >= 0.3 is 6.09 Å². The maximum absolute atomic E-state index is 12.7. The molecule has 0 aromatic heterocycles. The van der Waals surface area contributed by atoms with Gasteiger partial charge in [-0.15, -0.1) is 6.58 Å². The van der Waals surface area contributed by atoms with E-state index >= 15 is 0 Å². The van der Waals surface area contributed by atoms with Crippen LogP contribution in [0.3, 0.4) is 0 Å². The van der Waals surface area contributed by atoms with Crippen molar-refractivity contribution in [3.05, 3.63) is 78.4 Å². The summed E-state index contributed by atoms with van der Waals surface area (Å²) in [6.07, 6.45) is 6.20. The molecule has 0 bridgehead atoms. The fourth-order valence-electron chi connectivity index (χ4n) is 2.73. The van der Waals surface area contributed by atoms with Crippen LogP contribution in [0, 0.1) is 6.92 Å². The number of fused-ring (bicyclic) bond motifs is 1. The number of amides is 1. The summed E-state index contributed by atoms with van der Waals surface area (Å²) in [6, 6.07) is 15.1. The molecule has 0 fully saturated rings. The molecule has 1 aliphatic heterocycles. The molecule has 0 saturated heterocycles. The van der Waals surface area contributed by atoms with Crippen molar-refractivity contribution in [1.82, 2.24) is 0 Å². The van der Waals surface area contributed by atoms with Crippen LogP contribution in [0.1, 0.15) is 17.5 Å². The molecular weight excluding hydrogens is 286 g/mol. The molecule has 1 aliphatic rings. The first-order chi connectivity index (χ1) is 11.2. The van der Waals surface area contributed by atoms with Gasteiger partial charge in [0.2, 0.25) is 0 Å². The van der Waals surface area contributed by atoms with Crippen molar-refractivity contribution in [3.63, 3.8) is 0 Å². The molecule has 2 aromatic rings. The standard InChI is InChI=1S/C20H19NO2/c1-3-7-17-12-11-16-14-15(2)10-13-19(16)21(17)20(22)23-18-8-5-4-6-9-18/h3-6,8-14,17H,1,7H2,2H3. The Morgan fingerprint density at radius 2 is 2.04 bits per heavy atom. The maximum atomic E-state index is 12.7. The monoisotopic (exact) mass is 305 g/mol. The lowest BCUT2D eigenvalue weighted by atomic mass is 10.00. The van der Waals surface area contributed by atoms with Crippen LogP contribution < -0.4 is 9.64 Å². The number of carbonyl (C=O) groups is 1. The van der Waals surface area contributed by atoms with Crippen LogP contribution in [0.4, 0.5) is 10.5 Å². The summed E-state index contributed by atoms with van der Waals surface area (Å²) in [7, 11) is 0. The fraction of sp³-hybridized carbons (Fsp3) is 0.150. The summed E-state index contributed by atoms with van der Waals surface area (Å²) >= 11 is 0. The summed E-state index contributed by atoms with van der Waals surface area (Å²) in [5.41, 5.74) is 3.05. The summed E-state index contributed by atoms with van der Waals surface area (Å²) in [5.74, 6) is 0.540. The predicted octanol–water partition coefficient (Wildman–Crippen LogP) is 4.97. The Labute approximate surface area is 136 Å². The highest BCUT2D eigenvalue weighted by atomic mass is 16.6. The Balaban J connectivity index is 1.94. The zero-order valence-electron chi connectivity index (χ0n) is 13.1. The smallest absolute Gasteiger partial charge is 0.410 e. The van der Waals surface area contributed by atoms with E-state index in [9.17, 15) is 4.79 Å². The molecule has 1 atom stereocenters. The number of anilines is 1. The molecule has 1 heterocycles. The van der Waals surface area contributed by atoms with Crippen LogP contribution >= 0.6 is 0 Å². The second-order valence-corrected chi connectivity index (χ2v) is 5.56. The van der Waals surface area contributed by atoms with E-state index in [2.05, 4.69) is 18.7 Å². The number of benzene rings is 2. The SMILES string of the molecule is C=CCC1C=Cc2cc(C)ccc2N1C(=O)Oc1ccccc1. The van der Waals surface area contributed by atoms with Crippen molar-refractivity contribution in [2.45, 2.75) is 19.4 Å². The van der Waals surface area contributed by atoms with Gasteiger partial charge in [0.25, 0.3) is 0 Å². The number of hydrogen-bond donors (Lipinski definition) is 0. The van der Waals surface area contributed by atoms with E-state index in [4.69, 9.17) is 4.74 Å². The molecular formula is C20H19NO2. The molecule has 0 spiro atoms. The van der Waals surface area contributed by atoms with Crippen molar-refractivity contribution in [1.29, 1.82) is 0 Å². The Morgan fingerprint density at radius 3 is 2.78 bits per heavy atom. The average molecular weight is 305 g/mol. The third-order valence-electron chi connectivity index (χ3n) is 3.83. The van der Waals surface area contributed by atoms with Gasteiger partial charge in [0.15, 0.2) is 0 Å². The highest BCUT2D eigenvalue weighted by Gasteiger charge is 2.29. The summed E-state index contributed by atoms with van der Waals surface area (Å²) < 4.78 is 5.54. The van der Waals surface area contributed by atoms with Crippen molar-refractivity contribution in [2.75, 3.05) is 4.90 Å². The van der Waals surface area contributed by atoms with Crippen LogP contribution in [0.5, 0.6) is 5.75 Å². The first-order valence-corrected chi connectivity index (χ1v) is 7.65.